The van der Waals surface area contributed by atoms with Crippen LogP contribution in [0.1, 0.15) is 44.9 Å². The maximum Gasteiger partial charge on any atom is 0.239 e. The van der Waals surface area contributed by atoms with Crippen LogP contribution in [0.2, 0.25) is 0 Å². The van der Waals surface area contributed by atoms with Crippen LogP contribution in [0.15, 0.2) is 0 Å². The molecule has 0 aromatic rings. The monoisotopic (exact) mass is 393 g/mol. The van der Waals surface area contributed by atoms with Crippen LogP contribution < -0.4 is 5.32 Å². The van der Waals surface area contributed by atoms with E-state index in [4.69, 9.17) is 4.74 Å². The number of halogens is 2. The van der Waals surface area contributed by atoms with Gasteiger partial charge in [0.15, 0.2) is 0 Å². The van der Waals surface area contributed by atoms with Crippen LogP contribution >= 0.6 is 24.8 Å². The molecule has 0 bridgehead atoms. The number of nitrogens with one attached hydrogen (secondary N) is 1. The van der Waals surface area contributed by atoms with Crippen LogP contribution in [0, 0.1) is 5.92 Å². The molecule has 3 atom stereocenters. The predicted molar refractivity (Wildman–Crippen MR) is 104 cm³/mol. The van der Waals surface area contributed by atoms with Gasteiger partial charge >= 0.3 is 0 Å². The molecule has 3 unspecified atom stereocenters. The minimum atomic E-state index is 0. The molecular weight excluding hydrogens is 361 g/mol. The van der Waals surface area contributed by atoms with Crippen molar-refractivity contribution in [3.63, 3.8) is 0 Å². The molecule has 1 aliphatic carbocycles. The lowest BCUT2D eigenvalue weighted by Gasteiger charge is -2.41. The highest BCUT2D eigenvalue weighted by Gasteiger charge is 2.40. The fourth-order valence-electron chi connectivity index (χ4n) is 5.09. The molecule has 0 spiro atoms. The average molecular weight is 394 g/mol. The minimum absolute atomic E-state index is 0. The summed E-state index contributed by atoms with van der Waals surface area (Å²) in [6.45, 7) is 5.69. The normalized spacial score (nSPS) is 33.9. The number of ether oxygens (including phenoxy) is 1. The second-order valence-corrected chi connectivity index (χ2v) is 7.81. The number of hydrogen-bond acceptors (Lipinski definition) is 4. The number of hydrogen-bond donors (Lipinski definition) is 1. The Balaban J connectivity index is 0.00000113. The molecule has 0 aromatic heterocycles. The summed E-state index contributed by atoms with van der Waals surface area (Å²) in [4.78, 5) is 17.5. The molecule has 4 rings (SSSR count). The van der Waals surface area contributed by atoms with Crippen LogP contribution in [0.5, 0.6) is 0 Å². The number of rotatable bonds is 2. The first-order valence-electron chi connectivity index (χ1n) is 9.68. The lowest BCUT2D eigenvalue weighted by atomic mass is 9.85. The zero-order valence-corrected chi connectivity index (χ0v) is 16.7. The highest BCUT2D eigenvalue weighted by Crippen LogP contribution is 2.33. The van der Waals surface area contributed by atoms with E-state index < -0.39 is 0 Å². The van der Waals surface area contributed by atoms with Gasteiger partial charge in [0.1, 0.15) is 0 Å². The maximum absolute atomic E-state index is 12.9. The zero-order valence-electron chi connectivity index (χ0n) is 15.0. The number of carbonyl (C=O) groups excluding carboxylic acids is 1. The van der Waals surface area contributed by atoms with E-state index in [0.717, 1.165) is 64.6 Å². The highest BCUT2D eigenvalue weighted by atomic mass is 35.5. The van der Waals surface area contributed by atoms with E-state index in [1.807, 2.05) is 0 Å². The molecule has 3 heterocycles. The van der Waals surface area contributed by atoms with Gasteiger partial charge in [-0.2, -0.15) is 0 Å². The van der Waals surface area contributed by atoms with E-state index in [1.165, 1.54) is 25.7 Å². The Morgan fingerprint density at radius 3 is 2.28 bits per heavy atom. The van der Waals surface area contributed by atoms with Gasteiger partial charge in [-0.15, -0.1) is 24.8 Å². The number of fused-ring (bicyclic) bond motifs is 1. The molecule has 0 aromatic carbocycles. The first-order valence-corrected chi connectivity index (χ1v) is 9.68. The standard InChI is InChI=1S/C18H31N3O2.2ClH/c22-18(17-13-14-3-1-2-4-16(14)19-17)21-9-7-20(8-10-21)15-5-11-23-12-6-15;;/h14-17,19H,1-13H2;2*1H. The number of nitrogens with zero attached hydrogens (tertiary/aromatic N) is 2. The van der Waals surface area contributed by atoms with Crippen molar-refractivity contribution in [2.75, 3.05) is 39.4 Å². The molecule has 25 heavy (non-hydrogen) atoms. The third-order valence-electron chi connectivity index (χ3n) is 6.49. The first kappa shape index (κ1) is 21.2. The summed E-state index contributed by atoms with van der Waals surface area (Å²) in [5.41, 5.74) is 0. The van der Waals surface area contributed by atoms with Gasteiger partial charge in [0.05, 0.1) is 6.04 Å². The summed E-state index contributed by atoms with van der Waals surface area (Å²) in [6.07, 6.45) is 8.66. The van der Waals surface area contributed by atoms with Crippen molar-refractivity contribution in [3.05, 3.63) is 0 Å². The number of piperazine rings is 1. The van der Waals surface area contributed by atoms with Crippen molar-refractivity contribution in [2.24, 2.45) is 5.92 Å². The van der Waals surface area contributed by atoms with E-state index in [9.17, 15) is 4.79 Å². The fourth-order valence-corrected chi connectivity index (χ4v) is 5.09. The molecule has 1 N–H and O–H groups in total. The molecule has 0 radical (unpaired) electrons. The van der Waals surface area contributed by atoms with Gasteiger partial charge < -0.3 is 15.0 Å². The third-order valence-corrected chi connectivity index (χ3v) is 6.49. The molecule has 1 amide bonds. The Labute approximate surface area is 164 Å². The van der Waals surface area contributed by atoms with Gasteiger partial charge in [-0.05, 0) is 38.0 Å². The largest absolute Gasteiger partial charge is 0.381 e. The van der Waals surface area contributed by atoms with Crippen molar-refractivity contribution in [1.29, 1.82) is 0 Å². The molecule has 3 saturated heterocycles. The Kier molecular flexibility index (Phi) is 8.28. The van der Waals surface area contributed by atoms with Crippen molar-refractivity contribution in [2.45, 2.75) is 63.1 Å². The van der Waals surface area contributed by atoms with E-state index in [1.54, 1.807) is 0 Å². The summed E-state index contributed by atoms with van der Waals surface area (Å²) >= 11 is 0. The maximum atomic E-state index is 12.9. The zero-order chi connectivity index (χ0) is 15.6. The Bertz CT molecular complexity index is 413. The Morgan fingerprint density at radius 1 is 0.920 bits per heavy atom. The van der Waals surface area contributed by atoms with E-state index in [0.29, 0.717) is 18.0 Å². The summed E-state index contributed by atoms with van der Waals surface area (Å²) in [5.74, 6) is 1.12. The molecule has 146 valence electrons. The second kappa shape index (κ2) is 9.75. The number of amides is 1. The van der Waals surface area contributed by atoms with Gasteiger partial charge in [0.25, 0.3) is 0 Å². The van der Waals surface area contributed by atoms with Gasteiger partial charge in [-0.3, -0.25) is 9.69 Å². The topological polar surface area (TPSA) is 44.8 Å². The van der Waals surface area contributed by atoms with E-state index >= 15 is 0 Å². The van der Waals surface area contributed by atoms with Crippen LogP contribution in [0.3, 0.4) is 0 Å². The lowest BCUT2D eigenvalue weighted by Crippen LogP contribution is -2.56. The van der Waals surface area contributed by atoms with Crippen molar-refractivity contribution < 1.29 is 9.53 Å². The molecule has 1 saturated carbocycles. The van der Waals surface area contributed by atoms with E-state index in [-0.39, 0.29) is 30.9 Å². The van der Waals surface area contributed by atoms with Crippen LogP contribution in [-0.2, 0) is 9.53 Å². The van der Waals surface area contributed by atoms with E-state index in [2.05, 4.69) is 15.1 Å². The third kappa shape index (κ3) is 4.81. The van der Waals surface area contributed by atoms with Crippen LogP contribution in [-0.4, -0.2) is 73.2 Å². The summed E-state index contributed by atoms with van der Waals surface area (Å²) < 4.78 is 5.46. The molecule has 3 aliphatic heterocycles. The Morgan fingerprint density at radius 2 is 1.60 bits per heavy atom. The van der Waals surface area contributed by atoms with Gasteiger partial charge in [-0.25, -0.2) is 0 Å². The highest BCUT2D eigenvalue weighted by molar-refractivity contribution is 5.85. The smallest absolute Gasteiger partial charge is 0.239 e. The molecule has 5 nitrogen and oxygen atoms in total. The van der Waals surface area contributed by atoms with Crippen LogP contribution in [0.25, 0.3) is 0 Å². The van der Waals surface area contributed by atoms with Gasteiger partial charge in [0, 0.05) is 51.5 Å². The molecular formula is C18H33Cl2N3O2. The second-order valence-electron chi connectivity index (χ2n) is 7.81. The fraction of sp³-hybridized carbons (Fsp3) is 0.944. The molecule has 7 heteroatoms. The van der Waals surface area contributed by atoms with Crippen molar-refractivity contribution >= 4 is 30.7 Å². The van der Waals surface area contributed by atoms with Crippen molar-refractivity contribution in [3.8, 4) is 0 Å². The van der Waals surface area contributed by atoms with Crippen LogP contribution in [0.4, 0.5) is 0 Å². The molecule has 4 fully saturated rings. The summed E-state index contributed by atoms with van der Waals surface area (Å²) in [6, 6.07) is 1.38. The Hall–Kier alpha value is -0.0700. The number of carbonyl (C=O) groups is 1. The SMILES string of the molecule is Cl.Cl.O=C(C1CC2CCCCC2N1)N1CCN(C2CCOCC2)CC1. The molecule has 4 aliphatic rings. The minimum Gasteiger partial charge on any atom is -0.381 e. The van der Waals surface area contributed by atoms with Gasteiger partial charge in [-0.1, -0.05) is 12.8 Å². The van der Waals surface area contributed by atoms with Gasteiger partial charge in [0.2, 0.25) is 5.91 Å². The summed E-state index contributed by atoms with van der Waals surface area (Å²) in [5, 5.41) is 3.64. The predicted octanol–water partition coefficient (Wildman–Crippen LogP) is 2.07. The van der Waals surface area contributed by atoms with Crippen molar-refractivity contribution in [1.82, 2.24) is 15.1 Å². The summed E-state index contributed by atoms with van der Waals surface area (Å²) in [7, 11) is 0. The quantitative estimate of drug-likeness (QED) is 0.779. The first-order chi connectivity index (χ1) is 11.3. The average Bonchev–Trinajstić information content (AvgIpc) is 3.06. The lowest BCUT2D eigenvalue weighted by molar-refractivity contribution is -0.135.